The standard InChI is InChI=1S/C14H16O2.3CO.Cr/c1-9-7-8-10(2)14(16)12-6-4-3-5-11(12)13(9)15;3*1-2;/h3-6,9-10H,7-8H2,1-2H3;;;;/t9-,10+;;;;. The van der Waals surface area contributed by atoms with Crippen LogP contribution in [0.1, 0.15) is 47.4 Å². The summed E-state index contributed by atoms with van der Waals surface area (Å²) in [6.45, 7) is 17.4. The average Bonchev–Trinajstić information content (AvgIpc) is 2.62. The van der Waals surface area contributed by atoms with E-state index >= 15 is 0 Å². The molecule has 1 aliphatic carbocycles. The van der Waals surface area contributed by atoms with Gasteiger partial charge in [-0.1, -0.05) is 38.1 Å². The third-order valence-corrected chi connectivity index (χ3v) is 3.39. The molecule has 0 aliphatic heterocycles. The molecule has 0 fully saturated rings. The summed E-state index contributed by atoms with van der Waals surface area (Å²) in [5.74, 6) is 0.264. The summed E-state index contributed by atoms with van der Waals surface area (Å²) in [7, 11) is 0. The Labute approximate surface area is 146 Å². The molecule has 0 unspecified atom stereocenters. The van der Waals surface area contributed by atoms with Gasteiger partial charge in [0.25, 0.3) is 0 Å². The quantitative estimate of drug-likeness (QED) is 0.530. The van der Waals surface area contributed by atoms with Crippen LogP contribution in [0.2, 0.25) is 0 Å². The third-order valence-electron chi connectivity index (χ3n) is 3.39. The van der Waals surface area contributed by atoms with Crippen molar-refractivity contribution in [3.63, 3.8) is 0 Å². The maximum absolute atomic E-state index is 12.1. The SMILES string of the molecule is C[C@@H]1CC[C@H](C)C(=O)c2ccccc2C1=O.[C-]#[O+].[C-]#[O+].[C-]#[O+].[Cr]. The van der Waals surface area contributed by atoms with Crippen LogP contribution in [-0.4, -0.2) is 11.6 Å². The van der Waals surface area contributed by atoms with Crippen LogP contribution in [-0.2, 0) is 31.3 Å². The largest absolute Gasteiger partial charge is 0 e. The van der Waals surface area contributed by atoms with E-state index in [0.29, 0.717) is 11.1 Å². The maximum atomic E-state index is 12.1. The fourth-order valence-corrected chi connectivity index (χ4v) is 2.21. The molecule has 0 saturated carbocycles. The van der Waals surface area contributed by atoms with Crippen LogP contribution in [0.5, 0.6) is 0 Å². The Balaban J connectivity index is -0.000000514. The molecular weight excluding hydrogens is 336 g/mol. The Morgan fingerprint density at radius 1 is 0.783 bits per heavy atom. The monoisotopic (exact) mass is 352 g/mol. The van der Waals surface area contributed by atoms with E-state index in [0.717, 1.165) is 12.8 Å². The smallest absolute Gasteiger partial charge is 0 e. The summed E-state index contributed by atoms with van der Waals surface area (Å²) in [6.07, 6.45) is 1.61. The van der Waals surface area contributed by atoms with E-state index < -0.39 is 0 Å². The predicted octanol–water partition coefficient (Wildman–Crippen LogP) is 3.00. The summed E-state index contributed by atoms with van der Waals surface area (Å²) in [4.78, 5) is 24.2. The third kappa shape index (κ3) is 7.41. The van der Waals surface area contributed by atoms with Crippen LogP contribution < -0.4 is 0 Å². The van der Waals surface area contributed by atoms with Crippen molar-refractivity contribution in [2.45, 2.75) is 26.7 Å². The van der Waals surface area contributed by atoms with Crippen molar-refractivity contribution in [1.29, 1.82) is 0 Å². The molecule has 2 atom stereocenters. The molecule has 0 N–H and O–H groups in total. The Morgan fingerprint density at radius 3 is 1.30 bits per heavy atom. The molecule has 0 bridgehead atoms. The van der Waals surface area contributed by atoms with E-state index in [1.807, 2.05) is 26.0 Å². The molecule has 2 rings (SSSR count). The van der Waals surface area contributed by atoms with Gasteiger partial charge < -0.3 is 0 Å². The molecule has 6 heteroatoms. The predicted molar refractivity (Wildman–Crippen MR) is 74.5 cm³/mol. The number of benzene rings is 1. The number of fused-ring (bicyclic) bond motifs is 1. The minimum Gasteiger partial charge on any atom is 0 e. The molecule has 0 radical (unpaired) electrons. The first-order chi connectivity index (χ1) is 10.6. The van der Waals surface area contributed by atoms with Crippen molar-refractivity contribution in [2.24, 2.45) is 11.8 Å². The minimum absolute atomic E-state index is 0. The van der Waals surface area contributed by atoms with Crippen molar-refractivity contribution < 1.29 is 40.9 Å². The summed E-state index contributed by atoms with van der Waals surface area (Å²) in [5, 5.41) is 0. The van der Waals surface area contributed by atoms with Crippen LogP contribution in [0.4, 0.5) is 0 Å². The second-order valence-corrected chi connectivity index (χ2v) is 4.65. The number of carbonyl (C=O) groups excluding carboxylic acids is 2. The van der Waals surface area contributed by atoms with Crippen LogP contribution in [0.25, 0.3) is 0 Å². The molecule has 1 aliphatic rings. The average molecular weight is 352 g/mol. The number of carbonyl (C=O) groups is 2. The van der Waals surface area contributed by atoms with Crippen LogP contribution in [0, 0.1) is 31.8 Å². The maximum Gasteiger partial charge on any atom is 0 e. The molecule has 0 amide bonds. The topological polar surface area (TPSA) is 93.8 Å². The van der Waals surface area contributed by atoms with Crippen molar-refractivity contribution in [2.75, 3.05) is 0 Å². The number of rotatable bonds is 0. The van der Waals surface area contributed by atoms with E-state index in [-0.39, 0.29) is 40.8 Å². The molecule has 5 nitrogen and oxygen atoms in total. The summed E-state index contributed by atoms with van der Waals surface area (Å²) >= 11 is 0. The second kappa shape index (κ2) is 15.2. The van der Waals surface area contributed by atoms with Gasteiger partial charge in [0.15, 0.2) is 11.6 Å². The van der Waals surface area contributed by atoms with E-state index in [4.69, 9.17) is 14.0 Å². The summed E-state index contributed by atoms with van der Waals surface area (Å²) < 4.78 is 22.5. The first-order valence-electron chi connectivity index (χ1n) is 6.40. The molecule has 0 aromatic heterocycles. The molecule has 0 heterocycles. The minimum atomic E-state index is 0. The van der Waals surface area contributed by atoms with Gasteiger partial charge in [-0.25, -0.2) is 0 Å². The molecule has 1 aromatic rings. The fraction of sp³-hybridized carbons (Fsp3) is 0.353. The van der Waals surface area contributed by atoms with E-state index in [1.54, 1.807) is 12.1 Å². The van der Waals surface area contributed by atoms with Gasteiger partial charge in [-0.2, -0.15) is 0 Å². The zero-order valence-electron chi connectivity index (χ0n) is 12.8. The molecule has 120 valence electrons. The van der Waals surface area contributed by atoms with Gasteiger partial charge >= 0.3 is 33.9 Å². The fourth-order valence-electron chi connectivity index (χ4n) is 2.21. The normalized spacial score (nSPS) is 18.3. The van der Waals surface area contributed by atoms with Gasteiger partial charge in [-0.3, -0.25) is 9.59 Å². The Morgan fingerprint density at radius 2 is 1.04 bits per heavy atom. The molecule has 23 heavy (non-hydrogen) atoms. The zero-order chi connectivity index (χ0) is 17.7. The van der Waals surface area contributed by atoms with Crippen LogP contribution in [0.15, 0.2) is 24.3 Å². The van der Waals surface area contributed by atoms with Crippen molar-refractivity contribution in [3.05, 3.63) is 55.3 Å². The van der Waals surface area contributed by atoms with Gasteiger partial charge in [-0.15, -0.1) is 0 Å². The van der Waals surface area contributed by atoms with Gasteiger partial charge in [0.05, 0.1) is 0 Å². The number of Topliss-reactive ketones (excluding diaryl/α,β-unsaturated/α-hetero) is 2. The first-order valence-corrected chi connectivity index (χ1v) is 6.40. The van der Waals surface area contributed by atoms with Crippen molar-refractivity contribution in [1.82, 2.24) is 0 Å². The van der Waals surface area contributed by atoms with Crippen LogP contribution >= 0.6 is 0 Å². The van der Waals surface area contributed by atoms with E-state index in [9.17, 15) is 9.59 Å². The zero-order valence-corrected chi connectivity index (χ0v) is 14.1. The number of ketones is 2. The van der Waals surface area contributed by atoms with Gasteiger partial charge in [0, 0.05) is 40.3 Å². The van der Waals surface area contributed by atoms with E-state index in [2.05, 4.69) is 20.0 Å². The van der Waals surface area contributed by atoms with E-state index in [1.165, 1.54) is 0 Å². The molecule has 0 spiro atoms. The van der Waals surface area contributed by atoms with Gasteiger partial charge in [0.2, 0.25) is 0 Å². The Hall–Kier alpha value is -1.69. The Kier molecular flexibility index (Phi) is 17.3. The number of hydrogen-bond acceptors (Lipinski definition) is 2. The molecule has 1 aromatic carbocycles. The Bertz CT molecular complexity index is 504. The van der Waals surface area contributed by atoms with Crippen molar-refractivity contribution >= 4 is 11.6 Å². The van der Waals surface area contributed by atoms with Crippen molar-refractivity contribution in [3.8, 4) is 0 Å². The summed E-state index contributed by atoms with van der Waals surface area (Å²) in [6, 6.07) is 7.18. The molecule has 0 saturated heterocycles. The summed E-state index contributed by atoms with van der Waals surface area (Å²) in [5.41, 5.74) is 1.21. The first kappa shape index (κ1) is 26.2. The van der Waals surface area contributed by atoms with Crippen LogP contribution in [0.3, 0.4) is 0 Å². The number of hydrogen-bond donors (Lipinski definition) is 0. The van der Waals surface area contributed by atoms with Gasteiger partial charge in [0.1, 0.15) is 0 Å². The van der Waals surface area contributed by atoms with Gasteiger partial charge in [-0.05, 0) is 12.8 Å². The molecular formula is C17H16CrO5. The second-order valence-electron chi connectivity index (χ2n) is 4.65.